The van der Waals surface area contributed by atoms with Gasteiger partial charge in [-0.1, -0.05) is 42.1 Å². The van der Waals surface area contributed by atoms with E-state index in [1.54, 1.807) is 4.68 Å². The lowest BCUT2D eigenvalue weighted by molar-refractivity contribution is -0.119. The van der Waals surface area contributed by atoms with Gasteiger partial charge in [0.25, 0.3) is 0 Å². The van der Waals surface area contributed by atoms with Gasteiger partial charge in [-0.25, -0.2) is 0 Å². The summed E-state index contributed by atoms with van der Waals surface area (Å²) in [5.74, 6) is 1.28. The van der Waals surface area contributed by atoms with E-state index < -0.39 is 0 Å². The van der Waals surface area contributed by atoms with Crippen LogP contribution < -0.4 is 5.32 Å². The SMILES string of the molecule is Cc1ccc(C)c(-n2nnnc2SCC(=O)NC2CCSc3ccccc32)c1. The number of thioether (sulfide) groups is 2. The van der Waals surface area contributed by atoms with Gasteiger partial charge in [-0.15, -0.1) is 16.9 Å². The van der Waals surface area contributed by atoms with E-state index in [1.165, 1.54) is 22.2 Å². The summed E-state index contributed by atoms with van der Waals surface area (Å²) in [5.41, 5.74) is 4.36. The van der Waals surface area contributed by atoms with E-state index in [1.807, 2.05) is 49.9 Å². The molecule has 0 saturated carbocycles. The average molecular weight is 412 g/mol. The van der Waals surface area contributed by atoms with Crippen LogP contribution in [0.15, 0.2) is 52.5 Å². The third kappa shape index (κ3) is 4.07. The van der Waals surface area contributed by atoms with Gasteiger partial charge < -0.3 is 5.32 Å². The molecular weight excluding hydrogens is 390 g/mol. The van der Waals surface area contributed by atoms with E-state index in [2.05, 4.69) is 39.0 Å². The Labute approximate surface area is 172 Å². The fourth-order valence-electron chi connectivity index (χ4n) is 3.23. The zero-order chi connectivity index (χ0) is 19.5. The molecule has 8 heteroatoms. The van der Waals surface area contributed by atoms with Crippen molar-refractivity contribution in [2.75, 3.05) is 11.5 Å². The number of hydrogen-bond acceptors (Lipinski definition) is 6. The lowest BCUT2D eigenvalue weighted by Gasteiger charge is -2.25. The van der Waals surface area contributed by atoms with E-state index in [0.29, 0.717) is 5.16 Å². The Morgan fingerprint density at radius 1 is 1.29 bits per heavy atom. The zero-order valence-corrected chi connectivity index (χ0v) is 17.4. The Bertz CT molecular complexity index is 1000. The highest BCUT2D eigenvalue weighted by Crippen LogP contribution is 2.35. The third-order valence-electron chi connectivity index (χ3n) is 4.66. The molecule has 0 saturated heterocycles. The summed E-state index contributed by atoms with van der Waals surface area (Å²) < 4.78 is 1.70. The summed E-state index contributed by atoms with van der Waals surface area (Å²) in [7, 11) is 0. The van der Waals surface area contributed by atoms with Crippen molar-refractivity contribution in [1.29, 1.82) is 0 Å². The van der Waals surface area contributed by atoms with Gasteiger partial charge in [0.1, 0.15) is 0 Å². The van der Waals surface area contributed by atoms with Crippen LogP contribution in [0.2, 0.25) is 0 Å². The number of carbonyl (C=O) groups excluding carboxylic acids is 1. The zero-order valence-electron chi connectivity index (χ0n) is 15.8. The Balaban J connectivity index is 1.43. The summed E-state index contributed by atoms with van der Waals surface area (Å²) in [6.07, 6.45) is 0.943. The molecule has 0 spiro atoms. The average Bonchev–Trinajstić information content (AvgIpc) is 3.17. The van der Waals surface area contributed by atoms with Gasteiger partial charge >= 0.3 is 0 Å². The molecule has 4 rings (SSSR count). The number of fused-ring (bicyclic) bond motifs is 1. The van der Waals surface area contributed by atoms with Crippen LogP contribution >= 0.6 is 23.5 Å². The molecule has 2 heterocycles. The first kappa shape index (κ1) is 19.0. The van der Waals surface area contributed by atoms with Crippen LogP contribution in [0.5, 0.6) is 0 Å². The second-order valence-electron chi connectivity index (χ2n) is 6.75. The number of aromatic nitrogens is 4. The van der Waals surface area contributed by atoms with Crippen LogP contribution in [0.3, 0.4) is 0 Å². The Kier molecular flexibility index (Phi) is 5.68. The van der Waals surface area contributed by atoms with E-state index in [0.717, 1.165) is 29.0 Å². The third-order valence-corrected chi connectivity index (χ3v) is 6.70. The normalized spacial score (nSPS) is 15.9. The van der Waals surface area contributed by atoms with Crippen LogP contribution in [-0.4, -0.2) is 37.6 Å². The summed E-state index contributed by atoms with van der Waals surface area (Å²) >= 11 is 3.20. The molecule has 1 aliphatic rings. The number of nitrogens with zero attached hydrogens (tertiary/aromatic N) is 4. The summed E-state index contributed by atoms with van der Waals surface area (Å²) in [4.78, 5) is 13.8. The predicted molar refractivity (Wildman–Crippen MR) is 112 cm³/mol. The van der Waals surface area contributed by atoms with E-state index >= 15 is 0 Å². The molecule has 1 N–H and O–H groups in total. The van der Waals surface area contributed by atoms with Gasteiger partial charge in [0, 0.05) is 10.6 Å². The van der Waals surface area contributed by atoms with Gasteiger partial charge in [-0.3, -0.25) is 4.79 Å². The van der Waals surface area contributed by atoms with Crippen LogP contribution in [0.25, 0.3) is 5.69 Å². The predicted octanol–water partition coefficient (Wildman–Crippen LogP) is 3.72. The van der Waals surface area contributed by atoms with E-state index in [9.17, 15) is 4.79 Å². The van der Waals surface area contributed by atoms with Crippen LogP contribution in [0, 0.1) is 13.8 Å². The van der Waals surface area contributed by atoms with Crippen molar-refractivity contribution < 1.29 is 4.79 Å². The molecule has 0 aliphatic carbocycles. The summed E-state index contributed by atoms with van der Waals surface area (Å²) in [6.45, 7) is 4.06. The molecule has 1 aliphatic heterocycles. The molecule has 0 fully saturated rings. The Hall–Kier alpha value is -2.32. The fraction of sp³-hybridized carbons (Fsp3) is 0.300. The van der Waals surface area contributed by atoms with Crippen molar-refractivity contribution in [1.82, 2.24) is 25.5 Å². The number of aryl methyl sites for hydroxylation is 2. The number of hydrogen-bond donors (Lipinski definition) is 1. The highest BCUT2D eigenvalue weighted by molar-refractivity contribution is 7.99. The van der Waals surface area contributed by atoms with Gasteiger partial charge in [0.05, 0.1) is 17.5 Å². The maximum atomic E-state index is 12.6. The smallest absolute Gasteiger partial charge is 0.230 e. The minimum absolute atomic E-state index is 0.00721. The van der Waals surface area contributed by atoms with Crippen LogP contribution in [0.1, 0.15) is 29.2 Å². The van der Waals surface area contributed by atoms with Gasteiger partial charge in [-0.05, 0) is 59.5 Å². The molecule has 6 nitrogen and oxygen atoms in total. The largest absolute Gasteiger partial charge is 0.348 e. The van der Waals surface area contributed by atoms with Crippen molar-refractivity contribution in [2.24, 2.45) is 0 Å². The first-order valence-corrected chi connectivity index (χ1v) is 11.1. The minimum Gasteiger partial charge on any atom is -0.348 e. The molecule has 0 bridgehead atoms. The molecule has 3 aromatic rings. The maximum Gasteiger partial charge on any atom is 0.230 e. The van der Waals surface area contributed by atoms with E-state index in [-0.39, 0.29) is 17.7 Å². The highest BCUT2D eigenvalue weighted by Gasteiger charge is 2.22. The molecule has 1 amide bonds. The molecule has 2 aromatic carbocycles. The van der Waals surface area contributed by atoms with Crippen molar-refractivity contribution >= 4 is 29.4 Å². The lowest BCUT2D eigenvalue weighted by atomic mass is 10.0. The maximum absolute atomic E-state index is 12.6. The van der Waals surface area contributed by atoms with Crippen LogP contribution in [-0.2, 0) is 4.79 Å². The summed E-state index contributed by atoms with van der Waals surface area (Å²) in [6, 6.07) is 14.5. The number of rotatable bonds is 5. The fourth-order valence-corrected chi connectivity index (χ4v) is 5.05. The standard InChI is InChI=1S/C20H21N5OS2/c1-13-7-8-14(2)17(11-13)25-20(22-23-24-25)28-12-19(26)21-16-9-10-27-18-6-4-3-5-15(16)18/h3-8,11,16H,9-10,12H2,1-2H3,(H,21,26). The highest BCUT2D eigenvalue weighted by atomic mass is 32.2. The van der Waals surface area contributed by atoms with Crippen molar-refractivity contribution in [2.45, 2.75) is 36.4 Å². The summed E-state index contributed by atoms with van der Waals surface area (Å²) in [5, 5.41) is 15.8. The van der Waals surface area contributed by atoms with Gasteiger partial charge in [0.2, 0.25) is 11.1 Å². The molecular formula is C20H21N5OS2. The molecule has 144 valence electrons. The van der Waals surface area contributed by atoms with Crippen molar-refractivity contribution in [3.05, 3.63) is 59.2 Å². The Morgan fingerprint density at radius 3 is 3.04 bits per heavy atom. The van der Waals surface area contributed by atoms with Crippen LogP contribution in [0.4, 0.5) is 0 Å². The lowest BCUT2D eigenvalue weighted by Crippen LogP contribution is -2.31. The Morgan fingerprint density at radius 2 is 2.14 bits per heavy atom. The molecule has 1 aromatic heterocycles. The minimum atomic E-state index is -0.00721. The number of benzene rings is 2. The molecule has 0 radical (unpaired) electrons. The second kappa shape index (κ2) is 8.36. The number of nitrogens with one attached hydrogen (secondary N) is 1. The number of tetrazole rings is 1. The van der Waals surface area contributed by atoms with E-state index in [4.69, 9.17) is 0 Å². The van der Waals surface area contributed by atoms with Crippen molar-refractivity contribution in [3.8, 4) is 5.69 Å². The first-order valence-electron chi connectivity index (χ1n) is 9.12. The quantitative estimate of drug-likeness (QED) is 0.645. The monoisotopic (exact) mass is 411 g/mol. The topological polar surface area (TPSA) is 72.7 Å². The molecule has 1 atom stereocenters. The van der Waals surface area contributed by atoms with Gasteiger partial charge in [-0.2, -0.15) is 4.68 Å². The molecule has 28 heavy (non-hydrogen) atoms. The number of amides is 1. The second-order valence-corrected chi connectivity index (χ2v) is 8.83. The molecule has 1 unspecified atom stereocenters. The van der Waals surface area contributed by atoms with Crippen molar-refractivity contribution in [3.63, 3.8) is 0 Å². The van der Waals surface area contributed by atoms with Gasteiger partial charge in [0.15, 0.2) is 0 Å². The number of carbonyl (C=O) groups is 1. The first-order chi connectivity index (χ1) is 13.6.